The maximum absolute atomic E-state index is 13.2. The van der Waals surface area contributed by atoms with Crippen LogP contribution in [0.15, 0.2) is 47.6 Å². The summed E-state index contributed by atoms with van der Waals surface area (Å²) < 4.78 is 83.3. The van der Waals surface area contributed by atoms with Gasteiger partial charge in [-0.3, -0.25) is 5.43 Å². The number of alkyl halides is 6. The molecule has 0 aliphatic carbocycles. The Morgan fingerprint density at radius 3 is 2.21 bits per heavy atom. The van der Waals surface area contributed by atoms with Crippen molar-refractivity contribution in [1.82, 2.24) is 9.97 Å². The van der Waals surface area contributed by atoms with Crippen molar-refractivity contribution in [2.24, 2.45) is 5.10 Å². The first kappa shape index (κ1) is 20.4. The van der Waals surface area contributed by atoms with Crippen LogP contribution in [0.2, 0.25) is 0 Å². The molecule has 11 heteroatoms. The second-order valence-electron chi connectivity index (χ2n) is 5.76. The molecule has 2 aromatic heterocycles. The summed E-state index contributed by atoms with van der Waals surface area (Å²) in [5.41, 5.74) is -0.705. The number of nitrogens with one attached hydrogen (secondary N) is 1. The fraction of sp³-hybridized carbons (Fsp3) is 0.167. The summed E-state index contributed by atoms with van der Waals surface area (Å²) in [7, 11) is 1.51. The Kier molecular flexibility index (Phi) is 5.31. The molecule has 1 N–H and O–H groups in total. The van der Waals surface area contributed by atoms with Crippen LogP contribution in [0.4, 0.5) is 32.2 Å². The molecule has 2 heterocycles. The highest BCUT2D eigenvalue weighted by molar-refractivity contribution is 5.82. The SMILES string of the molecule is COc1ccc(/C=N\Nc2ccc3c(C(F)(F)F)cc(C(F)(F)F)nc3n2)cc1. The molecule has 3 rings (SSSR count). The van der Waals surface area contributed by atoms with Gasteiger partial charge in [0, 0.05) is 5.39 Å². The van der Waals surface area contributed by atoms with E-state index in [-0.39, 0.29) is 11.9 Å². The summed E-state index contributed by atoms with van der Waals surface area (Å²) in [6.07, 6.45) is -8.65. The number of fused-ring (bicyclic) bond motifs is 1. The van der Waals surface area contributed by atoms with Crippen LogP contribution < -0.4 is 10.2 Å². The van der Waals surface area contributed by atoms with Gasteiger partial charge in [-0.15, -0.1) is 0 Å². The fourth-order valence-electron chi connectivity index (χ4n) is 2.41. The number of hydrogen-bond acceptors (Lipinski definition) is 5. The lowest BCUT2D eigenvalue weighted by Gasteiger charge is -2.14. The van der Waals surface area contributed by atoms with Crippen LogP contribution in [-0.2, 0) is 12.4 Å². The Balaban J connectivity index is 1.92. The van der Waals surface area contributed by atoms with Gasteiger partial charge in [0.1, 0.15) is 17.3 Å². The molecule has 0 saturated carbocycles. The van der Waals surface area contributed by atoms with Crippen molar-refractivity contribution in [3.05, 3.63) is 59.3 Å². The van der Waals surface area contributed by atoms with Crippen molar-refractivity contribution >= 4 is 23.1 Å². The van der Waals surface area contributed by atoms with E-state index in [0.717, 1.165) is 12.1 Å². The van der Waals surface area contributed by atoms with Gasteiger partial charge in [-0.2, -0.15) is 31.4 Å². The number of hydrazone groups is 1. The van der Waals surface area contributed by atoms with Gasteiger partial charge in [-0.05, 0) is 48.0 Å². The topological polar surface area (TPSA) is 59.4 Å². The normalized spacial score (nSPS) is 12.5. The molecular weight excluding hydrogens is 402 g/mol. The number of benzene rings is 1. The molecule has 0 spiro atoms. The van der Waals surface area contributed by atoms with Crippen molar-refractivity contribution in [1.29, 1.82) is 0 Å². The number of methoxy groups -OCH3 is 1. The maximum atomic E-state index is 13.2. The summed E-state index contributed by atoms with van der Waals surface area (Å²) in [5.74, 6) is 0.570. The molecule has 0 saturated heterocycles. The summed E-state index contributed by atoms with van der Waals surface area (Å²) in [5, 5.41) is 3.32. The third-order valence-corrected chi connectivity index (χ3v) is 3.78. The number of ether oxygens (including phenoxy) is 1. The fourth-order valence-corrected chi connectivity index (χ4v) is 2.41. The van der Waals surface area contributed by atoms with Crippen molar-refractivity contribution in [2.45, 2.75) is 12.4 Å². The Hall–Kier alpha value is -3.37. The summed E-state index contributed by atoms with van der Waals surface area (Å²) in [6, 6.07) is 8.91. The molecule has 0 amide bonds. The molecule has 0 aliphatic rings. The highest BCUT2D eigenvalue weighted by Crippen LogP contribution is 2.38. The zero-order valence-electron chi connectivity index (χ0n) is 14.6. The largest absolute Gasteiger partial charge is 0.497 e. The van der Waals surface area contributed by atoms with E-state index < -0.39 is 34.6 Å². The third-order valence-electron chi connectivity index (χ3n) is 3.78. The first-order chi connectivity index (χ1) is 13.6. The molecule has 1 aromatic carbocycles. The summed E-state index contributed by atoms with van der Waals surface area (Å²) >= 11 is 0. The number of nitrogens with zero attached hydrogens (tertiary/aromatic N) is 3. The van der Waals surface area contributed by atoms with Crippen LogP contribution in [0.5, 0.6) is 5.75 Å². The van der Waals surface area contributed by atoms with Crippen LogP contribution in [0.3, 0.4) is 0 Å². The van der Waals surface area contributed by atoms with Gasteiger partial charge in [-0.25, -0.2) is 9.97 Å². The van der Waals surface area contributed by atoms with Gasteiger partial charge >= 0.3 is 12.4 Å². The lowest BCUT2D eigenvalue weighted by atomic mass is 10.1. The average Bonchev–Trinajstić information content (AvgIpc) is 2.66. The van der Waals surface area contributed by atoms with Crippen molar-refractivity contribution in [3.8, 4) is 5.75 Å². The first-order valence-electron chi connectivity index (χ1n) is 7.97. The van der Waals surface area contributed by atoms with Gasteiger partial charge in [0.2, 0.25) is 0 Å². The monoisotopic (exact) mass is 414 g/mol. The van der Waals surface area contributed by atoms with Gasteiger partial charge in [0.15, 0.2) is 5.65 Å². The predicted molar refractivity (Wildman–Crippen MR) is 93.8 cm³/mol. The lowest BCUT2D eigenvalue weighted by Crippen LogP contribution is -2.14. The van der Waals surface area contributed by atoms with Crippen LogP contribution in [0.25, 0.3) is 11.0 Å². The van der Waals surface area contributed by atoms with E-state index in [2.05, 4.69) is 20.5 Å². The molecule has 152 valence electrons. The van der Waals surface area contributed by atoms with E-state index >= 15 is 0 Å². The van der Waals surface area contributed by atoms with Gasteiger partial charge in [0.05, 0.1) is 18.9 Å². The average molecular weight is 414 g/mol. The van der Waals surface area contributed by atoms with E-state index in [9.17, 15) is 26.3 Å². The van der Waals surface area contributed by atoms with E-state index in [1.165, 1.54) is 13.3 Å². The number of aromatic nitrogens is 2. The molecule has 5 nitrogen and oxygen atoms in total. The van der Waals surface area contributed by atoms with E-state index in [1.807, 2.05) is 0 Å². The molecule has 3 aromatic rings. The number of halogens is 6. The minimum atomic E-state index is -5.05. The van der Waals surface area contributed by atoms with Gasteiger partial charge < -0.3 is 4.74 Å². The maximum Gasteiger partial charge on any atom is 0.433 e. The number of hydrogen-bond donors (Lipinski definition) is 1. The zero-order valence-corrected chi connectivity index (χ0v) is 14.6. The molecular formula is C18H12F6N4O. The standard InChI is InChI=1S/C18H12F6N4O/c1-29-11-4-2-10(3-5-11)9-25-28-15-7-6-12-13(17(19,20)21)8-14(18(22,23)24)26-16(12)27-15/h2-9H,1H3,(H,26,27,28)/b25-9-. The van der Waals surface area contributed by atoms with Gasteiger partial charge in [0.25, 0.3) is 0 Å². The quantitative estimate of drug-likeness (QED) is 0.366. The minimum absolute atomic E-state index is 0.0288. The second-order valence-corrected chi connectivity index (χ2v) is 5.76. The molecule has 0 radical (unpaired) electrons. The number of pyridine rings is 2. The Labute approximate surface area is 160 Å². The van der Waals surface area contributed by atoms with Crippen LogP contribution >= 0.6 is 0 Å². The highest BCUT2D eigenvalue weighted by Gasteiger charge is 2.39. The third kappa shape index (κ3) is 4.73. The van der Waals surface area contributed by atoms with Crippen molar-refractivity contribution in [2.75, 3.05) is 12.5 Å². The molecule has 0 bridgehead atoms. The van der Waals surface area contributed by atoms with E-state index in [0.29, 0.717) is 11.3 Å². The van der Waals surface area contributed by atoms with Gasteiger partial charge in [-0.1, -0.05) is 0 Å². The Morgan fingerprint density at radius 1 is 0.931 bits per heavy atom. The lowest BCUT2D eigenvalue weighted by molar-refractivity contribution is -0.144. The van der Waals surface area contributed by atoms with Crippen LogP contribution in [-0.4, -0.2) is 23.3 Å². The zero-order chi connectivity index (χ0) is 21.2. The van der Waals surface area contributed by atoms with E-state index in [4.69, 9.17) is 4.74 Å². The predicted octanol–water partition coefficient (Wildman–Crippen LogP) is 5.12. The number of anilines is 1. The molecule has 0 fully saturated rings. The van der Waals surface area contributed by atoms with Crippen molar-refractivity contribution < 1.29 is 31.1 Å². The molecule has 0 unspecified atom stereocenters. The van der Waals surface area contributed by atoms with Crippen LogP contribution in [0.1, 0.15) is 16.8 Å². The highest BCUT2D eigenvalue weighted by atomic mass is 19.4. The number of rotatable bonds is 4. The van der Waals surface area contributed by atoms with Crippen LogP contribution in [0, 0.1) is 0 Å². The first-order valence-corrected chi connectivity index (χ1v) is 7.97. The van der Waals surface area contributed by atoms with E-state index in [1.54, 1.807) is 24.3 Å². The molecule has 0 aliphatic heterocycles. The smallest absolute Gasteiger partial charge is 0.433 e. The molecule has 0 atom stereocenters. The molecule has 29 heavy (non-hydrogen) atoms. The Morgan fingerprint density at radius 2 is 1.62 bits per heavy atom. The minimum Gasteiger partial charge on any atom is -0.497 e. The Bertz CT molecular complexity index is 1050. The second kappa shape index (κ2) is 7.57. The summed E-state index contributed by atoms with van der Waals surface area (Å²) in [6.45, 7) is 0. The summed E-state index contributed by atoms with van der Waals surface area (Å²) in [4.78, 5) is 6.95. The van der Waals surface area contributed by atoms with Crippen molar-refractivity contribution in [3.63, 3.8) is 0 Å².